The highest BCUT2D eigenvalue weighted by atomic mass is 16.5. The number of aromatic amines is 2. The largest absolute Gasteiger partial charge is 0.381 e. The molecule has 1 fully saturated rings. The SMILES string of the molecule is NCCc1c(C2CCOCC2)[nH][nH]c1=O. The van der Waals surface area contributed by atoms with Gasteiger partial charge in [0.15, 0.2) is 0 Å². The van der Waals surface area contributed by atoms with Gasteiger partial charge in [-0.05, 0) is 25.8 Å². The fourth-order valence-electron chi connectivity index (χ4n) is 2.12. The van der Waals surface area contributed by atoms with Crippen LogP contribution in [-0.4, -0.2) is 30.0 Å². The number of nitrogens with two attached hydrogens (primary N) is 1. The number of hydrogen-bond acceptors (Lipinski definition) is 3. The Morgan fingerprint density at radius 2 is 2.07 bits per heavy atom. The minimum absolute atomic E-state index is 0.0260. The van der Waals surface area contributed by atoms with Crippen molar-refractivity contribution in [2.75, 3.05) is 19.8 Å². The van der Waals surface area contributed by atoms with Crippen molar-refractivity contribution >= 4 is 0 Å². The van der Waals surface area contributed by atoms with E-state index in [0.717, 1.165) is 37.3 Å². The summed E-state index contributed by atoms with van der Waals surface area (Å²) in [7, 11) is 0. The molecule has 0 aliphatic carbocycles. The van der Waals surface area contributed by atoms with Gasteiger partial charge in [-0.1, -0.05) is 0 Å². The molecule has 0 aromatic carbocycles. The predicted octanol–water partition coefficient (Wildman–Crippen LogP) is 0.0982. The lowest BCUT2D eigenvalue weighted by atomic mass is 9.93. The van der Waals surface area contributed by atoms with E-state index in [4.69, 9.17) is 10.5 Å². The molecule has 1 aromatic heterocycles. The van der Waals surface area contributed by atoms with Gasteiger partial charge in [0, 0.05) is 30.4 Å². The first-order valence-electron chi connectivity index (χ1n) is 5.40. The van der Waals surface area contributed by atoms with Crippen LogP contribution in [0.25, 0.3) is 0 Å². The molecule has 0 bridgehead atoms. The Bertz CT molecular complexity index is 363. The third-order valence-corrected chi connectivity index (χ3v) is 2.93. The molecule has 0 saturated carbocycles. The summed E-state index contributed by atoms with van der Waals surface area (Å²) in [6.07, 6.45) is 2.60. The van der Waals surface area contributed by atoms with Gasteiger partial charge in [-0.3, -0.25) is 9.89 Å². The Labute approximate surface area is 88.0 Å². The number of aromatic nitrogens is 2. The predicted molar refractivity (Wildman–Crippen MR) is 57.0 cm³/mol. The van der Waals surface area contributed by atoms with Gasteiger partial charge >= 0.3 is 0 Å². The normalized spacial score (nSPS) is 18.2. The molecule has 0 amide bonds. The molecular weight excluding hydrogens is 194 g/mol. The summed E-state index contributed by atoms with van der Waals surface area (Å²) in [4.78, 5) is 11.5. The van der Waals surface area contributed by atoms with Crippen LogP contribution in [0.4, 0.5) is 0 Å². The van der Waals surface area contributed by atoms with Crippen molar-refractivity contribution in [2.45, 2.75) is 25.2 Å². The fourth-order valence-corrected chi connectivity index (χ4v) is 2.12. The van der Waals surface area contributed by atoms with Crippen molar-refractivity contribution in [1.82, 2.24) is 10.2 Å². The van der Waals surface area contributed by atoms with Gasteiger partial charge in [0.2, 0.25) is 0 Å². The molecule has 2 heterocycles. The quantitative estimate of drug-likeness (QED) is 0.663. The van der Waals surface area contributed by atoms with Crippen LogP contribution in [0.1, 0.15) is 30.0 Å². The minimum atomic E-state index is -0.0260. The molecule has 0 atom stereocenters. The second-order valence-electron chi connectivity index (χ2n) is 3.90. The Morgan fingerprint density at radius 3 is 2.73 bits per heavy atom. The number of ether oxygens (including phenoxy) is 1. The number of H-pyrrole nitrogens is 2. The highest BCUT2D eigenvalue weighted by molar-refractivity contribution is 5.21. The van der Waals surface area contributed by atoms with E-state index in [9.17, 15) is 4.79 Å². The van der Waals surface area contributed by atoms with Crippen LogP contribution < -0.4 is 11.3 Å². The van der Waals surface area contributed by atoms with E-state index in [1.54, 1.807) is 0 Å². The second-order valence-corrected chi connectivity index (χ2v) is 3.90. The first-order valence-corrected chi connectivity index (χ1v) is 5.40. The van der Waals surface area contributed by atoms with Crippen LogP contribution in [-0.2, 0) is 11.2 Å². The Morgan fingerprint density at radius 1 is 1.33 bits per heavy atom. The molecule has 2 rings (SSSR count). The molecular formula is C10H17N3O2. The third kappa shape index (κ3) is 2.13. The molecule has 1 saturated heterocycles. The average Bonchev–Trinajstić information content (AvgIpc) is 2.63. The number of rotatable bonds is 3. The molecule has 15 heavy (non-hydrogen) atoms. The van der Waals surface area contributed by atoms with Gasteiger partial charge in [-0.15, -0.1) is 0 Å². The maximum absolute atomic E-state index is 11.5. The van der Waals surface area contributed by atoms with Crippen LogP contribution in [0.3, 0.4) is 0 Å². The Kier molecular flexibility index (Phi) is 3.23. The first-order chi connectivity index (χ1) is 7.33. The van der Waals surface area contributed by atoms with Gasteiger partial charge in [-0.25, -0.2) is 0 Å². The van der Waals surface area contributed by atoms with Gasteiger partial charge in [0.05, 0.1) is 0 Å². The number of hydrogen-bond donors (Lipinski definition) is 3. The van der Waals surface area contributed by atoms with Crippen molar-refractivity contribution < 1.29 is 4.74 Å². The lowest BCUT2D eigenvalue weighted by Crippen LogP contribution is -2.18. The van der Waals surface area contributed by atoms with E-state index < -0.39 is 0 Å². The van der Waals surface area contributed by atoms with Gasteiger partial charge in [0.25, 0.3) is 5.56 Å². The number of nitrogens with one attached hydrogen (secondary N) is 2. The summed E-state index contributed by atoms with van der Waals surface area (Å²) < 4.78 is 5.30. The average molecular weight is 211 g/mol. The van der Waals surface area contributed by atoms with Gasteiger partial charge in [-0.2, -0.15) is 0 Å². The van der Waals surface area contributed by atoms with E-state index in [2.05, 4.69) is 10.2 Å². The minimum Gasteiger partial charge on any atom is -0.381 e. The molecule has 5 nitrogen and oxygen atoms in total. The third-order valence-electron chi connectivity index (χ3n) is 2.93. The van der Waals surface area contributed by atoms with Crippen molar-refractivity contribution in [3.05, 3.63) is 21.6 Å². The van der Waals surface area contributed by atoms with Crippen LogP contribution >= 0.6 is 0 Å². The van der Waals surface area contributed by atoms with Crippen LogP contribution in [0.2, 0.25) is 0 Å². The van der Waals surface area contributed by atoms with Crippen LogP contribution in [0.5, 0.6) is 0 Å². The highest BCUT2D eigenvalue weighted by Gasteiger charge is 2.21. The maximum atomic E-state index is 11.5. The molecule has 84 valence electrons. The van der Waals surface area contributed by atoms with Gasteiger partial charge in [0.1, 0.15) is 0 Å². The Hall–Kier alpha value is -1.07. The lowest BCUT2D eigenvalue weighted by molar-refractivity contribution is 0.0843. The molecule has 0 radical (unpaired) electrons. The standard InChI is InChI=1S/C10H17N3O2/c11-4-1-8-9(12-13-10(8)14)7-2-5-15-6-3-7/h7H,1-6,11H2,(H2,12,13,14). The van der Waals surface area contributed by atoms with E-state index in [0.29, 0.717) is 18.9 Å². The second kappa shape index (κ2) is 4.63. The summed E-state index contributed by atoms with van der Waals surface area (Å²) in [5, 5.41) is 5.62. The first kappa shape index (κ1) is 10.4. The summed E-state index contributed by atoms with van der Waals surface area (Å²) in [5.74, 6) is 0.416. The highest BCUT2D eigenvalue weighted by Crippen LogP contribution is 2.26. The molecule has 0 unspecified atom stereocenters. The van der Waals surface area contributed by atoms with E-state index in [-0.39, 0.29) is 5.56 Å². The summed E-state index contributed by atoms with van der Waals surface area (Å²) >= 11 is 0. The molecule has 1 aliphatic rings. The topological polar surface area (TPSA) is 83.9 Å². The summed E-state index contributed by atoms with van der Waals surface area (Å²) in [5.41, 5.74) is 7.33. The van der Waals surface area contributed by atoms with Crippen molar-refractivity contribution in [1.29, 1.82) is 0 Å². The molecule has 1 aliphatic heterocycles. The zero-order valence-electron chi connectivity index (χ0n) is 8.71. The van der Waals surface area contributed by atoms with Crippen LogP contribution in [0.15, 0.2) is 4.79 Å². The van der Waals surface area contributed by atoms with Crippen molar-refractivity contribution in [3.8, 4) is 0 Å². The van der Waals surface area contributed by atoms with Gasteiger partial charge < -0.3 is 15.6 Å². The van der Waals surface area contributed by atoms with E-state index in [1.807, 2.05) is 0 Å². The lowest BCUT2D eigenvalue weighted by Gasteiger charge is -2.21. The van der Waals surface area contributed by atoms with E-state index in [1.165, 1.54) is 0 Å². The monoisotopic (exact) mass is 211 g/mol. The summed E-state index contributed by atoms with van der Waals surface area (Å²) in [6.45, 7) is 2.07. The molecule has 1 aromatic rings. The maximum Gasteiger partial charge on any atom is 0.267 e. The molecule has 4 N–H and O–H groups in total. The van der Waals surface area contributed by atoms with Crippen molar-refractivity contribution in [3.63, 3.8) is 0 Å². The zero-order chi connectivity index (χ0) is 10.7. The molecule has 0 spiro atoms. The Balaban J connectivity index is 2.22. The van der Waals surface area contributed by atoms with E-state index >= 15 is 0 Å². The van der Waals surface area contributed by atoms with Crippen LogP contribution in [0, 0.1) is 0 Å². The van der Waals surface area contributed by atoms with Crippen molar-refractivity contribution in [2.24, 2.45) is 5.73 Å². The zero-order valence-corrected chi connectivity index (χ0v) is 8.71. The fraction of sp³-hybridized carbons (Fsp3) is 0.700. The summed E-state index contributed by atoms with van der Waals surface area (Å²) in [6, 6.07) is 0. The smallest absolute Gasteiger partial charge is 0.267 e. The molecule has 5 heteroatoms.